The molecule has 4 rings (SSSR count). The van der Waals surface area contributed by atoms with Crippen molar-refractivity contribution in [1.29, 1.82) is 0 Å². The number of likely N-dealkylation sites (tertiary alicyclic amines) is 1. The smallest absolute Gasteiger partial charge is 0.191 e. The van der Waals surface area contributed by atoms with E-state index in [2.05, 4.69) is 32.7 Å². The number of aromatic nitrogens is 3. The lowest BCUT2D eigenvalue weighted by Gasteiger charge is -2.38. The summed E-state index contributed by atoms with van der Waals surface area (Å²) in [6.45, 7) is 8.84. The number of ether oxygens (including phenoxy) is 1. The molecule has 3 aliphatic rings. The van der Waals surface area contributed by atoms with Crippen molar-refractivity contribution < 1.29 is 4.74 Å². The monoisotopic (exact) mass is 563 g/mol. The van der Waals surface area contributed by atoms with Gasteiger partial charge in [0.1, 0.15) is 12.4 Å². The van der Waals surface area contributed by atoms with Gasteiger partial charge in [-0.15, -0.1) is 34.2 Å². The maximum atomic E-state index is 6.21. The maximum Gasteiger partial charge on any atom is 0.191 e. The van der Waals surface area contributed by atoms with Crippen molar-refractivity contribution in [3.05, 3.63) is 11.6 Å². The molecule has 1 aromatic rings. The summed E-state index contributed by atoms with van der Waals surface area (Å²) in [5.41, 5.74) is 0.0663. The molecule has 0 saturated carbocycles. The van der Waals surface area contributed by atoms with E-state index in [0.29, 0.717) is 18.6 Å². The molecular weight excluding hydrogens is 525 g/mol. The summed E-state index contributed by atoms with van der Waals surface area (Å²) < 4.78 is 8.22. The van der Waals surface area contributed by atoms with Gasteiger partial charge in [0, 0.05) is 38.0 Å². The molecule has 10 heteroatoms. The minimum Gasteiger partial charge on any atom is -0.374 e. The third-order valence-corrected chi connectivity index (χ3v) is 8.10. The standard InChI is InChI=1S/C21H37N7OS.HI/c1-4-28-9-5-6-18(28)13-22-20(23-14-19-26-25-16(2)27(19)3)24-17-7-10-29-21(12-17)8-11-30-15-21;/h17-18H,4-15H2,1-3H3,(H2,22,23,24);1H. The third-order valence-electron chi connectivity index (χ3n) is 6.87. The van der Waals surface area contributed by atoms with Crippen LogP contribution in [-0.2, 0) is 18.3 Å². The van der Waals surface area contributed by atoms with Crippen molar-refractivity contribution in [3.63, 3.8) is 0 Å². The van der Waals surface area contributed by atoms with Crippen LogP contribution in [0.1, 0.15) is 50.7 Å². The van der Waals surface area contributed by atoms with E-state index in [1.807, 2.05) is 30.3 Å². The fourth-order valence-electron chi connectivity index (χ4n) is 4.86. The van der Waals surface area contributed by atoms with E-state index in [9.17, 15) is 0 Å². The van der Waals surface area contributed by atoms with Gasteiger partial charge in [-0.2, -0.15) is 11.8 Å². The van der Waals surface area contributed by atoms with Crippen LogP contribution in [0.25, 0.3) is 0 Å². The molecule has 0 aliphatic carbocycles. The van der Waals surface area contributed by atoms with Crippen LogP contribution in [0.2, 0.25) is 0 Å². The number of hydrogen-bond donors (Lipinski definition) is 2. The predicted octanol–water partition coefficient (Wildman–Crippen LogP) is 2.32. The van der Waals surface area contributed by atoms with Gasteiger partial charge in [0.25, 0.3) is 0 Å². The maximum absolute atomic E-state index is 6.21. The highest BCUT2D eigenvalue weighted by Crippen LogP contribution is 2.38. The first-order chi connectivity index (χ1) is 14.6. The van der Waals surface area contributed by atoms with Gasteiger partial charge in [-0.1, -0.05) is 6.92 Å². The topological polar surface area (TPSA) is 79.6 Å². The Morgan fingerprint density at radius 3 is 2.94 bits per heavy atom. The largest absolute Gasteiger partial charge is 0.374 e. The Morgan fingerprint density at radius 2 is 2.23 bits per heavy atom. The number of aliphatic imine (C=N–C) groups is 1. The number of hydrogen-bond acceptors (Lipinski definition) is 6. The molecule has 0 amide bonds. The lowest BCUT2D eigenvalue weighted by Crippen LogP contribution is -2.53. The Hall–Kier alpha value is -0.590. The van der Waals surface area contributed by atoms with Crippen LogP contribution in [-0.4, -0.2) is 81.1 Å². The molecule has 8 nitrogen and oxygen atoms in total. The van der Waals surface area contributed by atoms with Gasteiger partial charge in [-0.3, -0.25) is 4.90 Å². The van der Waals surface area contributed by atoms with Crippen LogP contribution in [0.4, 0.5) is 0 Å². The number of thioether (sulfide) groups is 1. The number of nitrogens with one attached hydrogen (secondary N) is 2. The highest BCUT2D eigenvalue weighted by atomic mass is 127. The second kappa shape index (κ2) is 11.5. The van der Waals surface area contributed by atoms with Crippen LogP contribution < -0.4 is 10.6 Å². The van der Waals surface area contributed by atoms with Gasteiger partial charge in [0.15, 0.2) is 11.8 Å². The van der Waals surface area contributed by atoms with Crippen LogP contribution in [0, 0.1) is 6.92 Å². The van der Waals surface area contributed by atoms with Crippen LogP contribution in [0.3, 0.4) is 0 Å². The minimum atomic E-state index is 0. The van der Waals surface area contributed by atoms with Crippen molar-refractivity contribution in [3.8, 4) is 0 Å². The second-order valence-electron chi connectivity index (χ2n) is 8.86. The first-order valence-corrected chi connectivity index (χ1v) is 12.6. The molecule has 0 bridgehead atoms. The molecule has 176 valence electrons. The molecule has 0 aromatic carbocycles. The van der Waals surface area contributed by atoms with Crippen LogP contribution in [0.5, 0.6) is 0 Å². The highest BCUT2D eigenvalue weighted by Gasteiger charge is 2.40. The van der Waals surface area contributed by atoms with Crippen LogP contribution >= 0.6 is 35.7 Å². The fourth-order valence-corrected chi connectivity index (χ4v) is 6.23. The number of nitrogens with zero attached hydrogens (tertiary/aromatic N) is 5. The third kappa shape index (κ3) is 6.26. The van der Waals surface area contributed by atoms with Crippen molar-refractivity contribution in [1.82, 2.24) is 30.3 Å². The number of guanidine groups is 1. The summed E-state index contributed by atoms with van der Waals surface area (Å²) >= 11 is 2.02. The lowest BCUT2D eigenvalue weighted by molar-refractivity contribution is -0.0679. The summed E-state index contributed by atoms with van der Waals surface area (Å²) in [5.74, 6) is 5.03. The zero-order valence-electron chi connectivity index (χ0n) is 19.1. The SMILES string of the molecule is CCN1CCCC1CNC(=NCc1nnc(C)n1C)NC1CCOC2(CCSC2)C1.I. The average Bonchev–Trinajstić information content (AvgIpc) is 3.47. The Kier molecular flexibility index (Phi) is 9.30. The summed E-state index contributed by atoms with van der Waals surface area (Å²) in [6.07, 6.45) is 5.81. The number of rotatable bonds is 6. The second-order valence-corrected chi connectivity index (χ2v) is 9.97. The van der Waals surface area contributed by atoms with Crippen molar-refractivity contribution in [2.75, 3.05) is 37.7 Å². The highest BCUT2D eigenvalue weighted by molar-refractivity contribution is 14.0. The van der Waals surface area contributed by atoms with Crippen LogP contribution in [0.15, 0.2) is 4.99 Å². The van der Waals surface area contributed by atoms with Crippen molar-refractivity contribution in [2.24, 2.45) is 12.0 Å². The first kappa shape index (κ1) is 25.0. The van der Waals surface area contributed by atoms with Gasteiger partial charge in [0.2, 0.25) is 0 Å². The normalized spacial score (nSPS) is 29.3. The number of aryl methyl sites for hydroxylation is 1. The molecule has 3 fully saturated rings. The molecule has 31 heavy (non-hydrogen) atoms. The summed E-state index contributed by atoms with van der Waals surface area (Å²) in [5, 5.41) is 15.8. The van der Waals surface area contributed by atoms with E-state index in [-0.39, 0.29) is 29.6 Å². The van der Waals surface area contributed by atoms with Crippen molar-refractivity contribution >= 4 is 41.7 Å². The Morgan fingerprint density at radius 1 is 1.35 bits per heavy atom. The molecule has 2 N–H and O–H groups in total. The van der Waals surface area contributed by atoms with Crippen molar-refractivity contribution in [2.45, 2.75) is 70.2 Å². The molecule has 0 radical (unpaired) electrons. The molecular formula is C21H38IN7OS. The molecule has 3 aliphatic heterocycles. The van der Waals surface area contributed by atoms with E-state index in [4.69, 9.17) is 9.73 Å². The zero-order chi connectivity index (χ0) is 21.0. The van der Waals surface area contributed by atoms with E-state index in [1.54, 1.807) is 0 Å². The minimum absolute atomic E-state index is 0. The molecule has 1 spiro atoms. The van der Waals surface area contributed by atoms with E-state index in [1.165, 1.54) is 31.6 Å². The number of halogens is 1. The summed E-state index contributed by atoms with van der Waals surface area (Å²) in [6, 6.07) is 0.988. The Balaban J connectivity index is 0.00000272. The lowest BCUT2D eigenvalue weighted by atomic mass is 9.90. The molecule has 4 heterocycles. The van der Waals surface area contributed by atoms with Gasteiger partial charge < -0.3 is 19.9 Å². The molecule has 1 aromatic heterocycles. The number of likely N-dealkylation sites (N-methyl/N-ethyl adjacent to an activating group) is 1. The van der Waals surface area contributed by atoms with E-state index >= 15 is 0 Å². The summed E-state index contributed by atoms with van der Waals surface area (Å²) in [7, 11) is 2.00. The Labute approximate surface area is 207 Å². The zero-order valence-corrected chi connectivity index (χ0v) is 22.2. The fraction of sp³-hybridized carbons (Fsp3) is 0.857. The predicted molar refractivity (Wildman–Crippen MR) is 137 cm³/mol. The molecule has 3 saturated heterocycles. The van der Waals surface area contributed by atoms with Gasteiger partial charge in [-0.25, -0.2) is 4.99 Å². The molecule has 3 atom stereocenters. The summed E-state index contributed by atoms with van der Waals surface area (Å²) in [4.78, 5) is 7.46. The van der Waals surface area contributed by atoms with Gasteiger partial charge in [-0.05, 0) is 57.9 Å². The quantitative estimate of drug-likeness (QED) is 0.313. The molecule has 3 unspecified atom stereocenters. The van der Waals surface area contributed by atoms with Gasteiger partial charge in [0.05, 0.1) is 5.60 Å². The van der Waals surface area contributed by atoms with E-state index in [0.717, 1.165) is 55.9 Å². The first-order valence-electron chi connectivity index (χ1n) is 11.4. The Bertz CT molecular complexity index is 737. The van der Waals surface area contributed by atoms with Gasteiger partial charge >= 0.3 is 0 Å². The average molecular weight is 564 g/mol. The van der Waals surface area contributed by atoms with E-state index < -0.39 is 0 Å².